The number of ether oxygens (including phenoxy) is 3. The first-order valence-corrected chi connectivity index (χ1v) is 32.2. The fourth-order valence-corrected chi connectivity index (χ4v) is 12.6. The van der Waals surface area contributed by atoms with Crippen LogP contribution in [-0.2, 0) is 28.7 Å². The molecular formula is C52H84O5P2Si2. The molecule has 0 saturated carbocycles. The molecule has 0 aliphatic carbocycles. The molecule has 61 heavy (non-hydrogen) atoms. The van der Waals surface area contributed by atoms with E-state index in [2.05, 4.69) is 222 Å². The molecule has 4 rings (SSSR count). The average molecular weight is 907 g/mol. The minimum absolute atomic E-state index is 0.0476. The molecule has 0 bridgehead atoms. The van der Waals surface area contributed by atoms with Crippen LogP contribution < -0.4 is 0 Å². The molecule has 3 unspecified atom stereocenters. The minimum atomic E-state index is -2.19. The SMILES string of the molecule is C/C(=C/[C@H](C)[C@@H](O[Si](C)(C)C(C)(C)C)[C@@H](C)COC(c1ccccc1)(c1ccccc1)c1ccccc1)C[C@H](C)[C@@H](O[Si](C)(C)C(C)(C)C)[C@H](C)[C@H]1OC(P(C)P)OC[C@@H]1C. The number of hydrogen-bond donors (Lipinski definition) is 0. The Morgan fingerprint density at radius 3 is 1.57 bits per heavy atom. The lowest BCUT2D eigenvalue weighted by molar-refractivity contribution is -0.213. The van der Waals surface area contributed by atoms with E-state index < -0.39 is 29.8 Å². The van der Waals surface area contributed by atoms with Crippen LogP contribution in [0.5, 0.6) is 0 Å². The number of rotatable bonds is 19. The molecule has 0 aromatic heterocycles. The predicted molar refractivity (Wildman–Crippen MR) is 271 cm³/mol. The lowest BCUT2D eigenvalue weighted by atomic mass is 9.80. The molecule has 3 aromatic rings. The van der Waals surface area contributed by atoms with Gasteiger partial charge in [0.1, 0.15) is 5.60 Å². The van der Waals surface area contributed by atoms with Gasteiger partial charge in [-0.3, -0.25) is 0 Å². The Morgan fingerprint density at radius 2 is 1.16 bits per heavy atom. The van der Waals surface area contributed by atoms with Crippen LogP contribution in [0, 0.1) is 29.6 Å². The van der Waals surface area contributed by atoms with Gasteiger partial charge in [0.05, 0.1) is 31.5 Å². The van der Waals surface area contributed by atoms with Crippen molar-refractivity contribution in [1.29, 1.82) is 0 Å². The van der Waals surface area contributed by atoms with Gasteiger partial charge in [0.25, 0.3) is 0 Å². The summed E-state index contributed by atoms with van der Waals surface area (Å²) in [7, 11) is -1.81. The molecule has 1 fully saturated rings. The highest BCUT2D eigenvalue weighted by Crippen LogP contribution is 2.50. The normalized spacial score (nSPS) is 22.2. The molecule has 1 aliphatic heterocycles. The molecule has 1 aliphatic rings. The third kappa shape index (κ3) is 13.1. The van der Waals surface area contributed by atoms with Crippen LogP contribution >= 0.6 is 16.5 Å². The summed E-state index contributed by atoms with van der Waals surface area (Å²) < 4.78 is 35.3. The van der Waals surface area contributed by atoms with Crippen molar-refractivity contribution < 1.29 is 23.1 Å². The fraction of sp³-hybridized carbons (Fsp3) is 0.615. The highest BCUT2D eigenvalue weighted by Gasteiger charge is 2.46. The summed E-state index contributed by atoms with van der Waals surface area (Å²) in [6.45, 7) is 41.1. The highest BCUT2D eigenvalue weighted by molar-refractivity contribution is 8.13. The zero-order valence-corrected chi connectivity index (χ0v) is 45.2. The molecule has 0 amide bonds. The molecule has 0 spiro atoms. The van der Waals surface area contributed by atoms with Crippen molar-refractivity contribution in [1.82, 2.24) is 0 Å². The van der Waals surface area contributed by atoms with Crippen molar-refractivity contribution in [3.8, 4) is 0 Å². The monoisotopic (exact) mass is 907 g/mol. The average Bonchev–Trinajstić information content (AvgIpc) is 3.19. The van der Waals surface area contributed by atoms with Crippen molar-refractivity contribution in [3.63, 3.8) is 0 Å². The van der Waals surface area contributed by atoms with Gasteiger partial charge in [0, 0.05) is 17.8 Å². The van der Waals surface area contributed by atoms with Crippen LogP contribution in [-0.4, -0.2) is 60.9 Å². The largest absolute Gasteiger partial charge is 0.413 e. The van der Waals surface area contributed by atoms with Crippen molar-refractivity contribution in [2.45, 2.75) is 156 Å². The molecular weight excluding hydrogens is 823 g/mol. The van der Waals surface area contributed by atoms with E-state index in [1.165, 1.54) is 5.57 Å². The summed E-state index contributed by atoms with van der Waals surface area (Å²) in [4.78, 5) is 0. The Balaban J connectivity index is 1.69. The van der Waals surface area contributed by atoms with Gasteiger partial charge in [-0.05, 0) is 92.4 Å². The first-order chi connectivity index (χ1) is 28.3. The van der Waals surface area contributed by atoms with Gasteiger partial charge in [0.15, 0.2) is 22.7 Å². The van der Waals surface area contributed by atoms with Gasteiger partial charge < -0.3 is 23.1 Å². The van der Waals surface area contributed by atoms with E-state index in [9.17, 15) is 0 Å². The summed E-state index contributed by atoms with van der Waals surface area (Å²) in [6, 6.07) is 32.0. The predicted octanol–water partition coefficient (Wildman–Crippen LogP) is 14.9. The summed E-state index contributed by atoms with van der Waals surface area (Å²) in [5, 5.41) is 0.154. The maximum absolute atomic E-state index is 7.49. The Hall–Kier alpha value is -1.51. The van der Waals surface area contributed by atoms with Crippen LogP contribution in [0.25, 0.3) is 0 Å². The zero-order chi connectivity index (χ0) is 45.6. The maximum atomic E-state index is 7.49. The summed E-state index contributed by atoms with van der Waals surface area (Å²) >= 11 is 0. The van der Waals surface area contributed by atoms with Crippen LogP contribution in [0.3, 0.4) is 0 Å². The minimum Gasteiger partial charge on any atom is -0.413 e. The quantitative estimate of drug-likeness (QED) is 0.0519. The van der Waals surface area contributed by atoms with E-state index in [1.54, 1.807) is 0 Å². The van der Waals surface area contributed by atoms with Crippen molar-refractivity contribution >= 4 is 33.2 Å². The van der Waals surface area contributed by atoms with E-state index >= 15 is 0 Å². The summed E-state index contributed by atoms with van der Waals surface area (Å²) in [6.07, 6.45) is 3.51. The second-order valence-corrected chi connectivity index (χ2v) is 35.3. The Morgan fingerprint density at radius 1 is 0.738 bits per heavy atom. The topological polar surface area (TPSA) is 46.2 Å². The summed E-state index contributed by atoms with van der Waals surface area (Å²) in [5.74, 6) is 1.04. The molecule has 0 N–H and O–H groups in total. The molecule has 9 heteroatoms. The summed E-state index contributed by atoms with van der Waals surface area (Å²) in [5.41, 5.74) is 3.93. The second kappa shape index (κ2) is 21.7. The van der Waals surface area contributed by atoms with Crippen molar-refractivity contribution in [2.24, 2.45) is 29.6 Å². The molecule has 340 valence electrons. The Kier molecular flexibility index (Phi) is 18.5. The van der Waals surface area contributed by atoms with E-state index in [0.717, 1.165) is 29.7 Å². The molecule has 11 atom stereocenters. The van der Waals surface area contributed by atoms with E-state index in [4.69, 9.17) is 23.1 Å². The lowest BCUT2D eigenvalue weighted by Crippen LogP contribution is -2.52. The number of benzene rings is 3. The first-order valence-electron chi connectivity index (χ1n) is 22.9. The number of hydrogen-bond acceptors (Lipinski definition) is 5. The van der Waals surface area contributed by atoms with E-state index in [0.29, 0.717) is 12.5 Å². The standard InChI is InChI=1S/C52H84O5P2Si2/c1-37(34-39(3)48(57-61(16,17)51(10,11)12)42(6)47-40(4)35-53-49(55-47)59(13)58)33-38(2)46(56-60(14,15)50(7,8)9)41(5)36-54-52(43-27-21-18-22-28-43,44-29-23-19-24-30-44)45-31-25-20-26-32-45/h18-33,38-42,46-49H,34-36,58H2,1-17H3/b37-33-/t38-,39-,40-,41-,42+,46+,47-,48+,49?,59?/m0/s1. The zero-order valence-electron chi connectivity index (χ0n) is 41.1. The van der Waals surface area contributed by atoms with Crippen LogP contribution in [0.4, 0.5) is 0 Å². The third-order valence-corrected chi connectivity index (χ3v) is 24.7. The molecule has 3 aromatic carbocycles. The van der Waals surface area contributed by atoms with Crippen molar-refractivity contribution in [3.05, 3.63) is 119 Å². The van der Waals surface area contributed by atoms with Gasteiger partial charge in [-0.1, -0.05) is 179 Å². The van der Waals surface area contributed by atoms with Gasteiger partial charge in [-0.25, -0.2) is 0 Å². The van der Waals surface area contributed by atoms with Crippen LogP contribution in [0.1, 0.15) is 106 Å². The first kappa shape index (κ1) is 52.1. The molecule has 1 heterocycles. The fourth-order valence-electron chi connectivity index (χ4n) is 8.55. The van der Waals surface area contributed by atoms with Gasteiger partial charge in [-0.2, -0.15) is 0 Å². The number of allylic oxidation sites excluding steroid dienone is 1. The van der Waals surface area contributed by atoms with Crippen LogP contribution in [0.15, 0.2) is 103 Å². The van der Waals surface area contributed by atoms with Gasteiger partial charge in [-0.15, -0.1) is 8.93 Å². The molecule has 5 nitrogen and oxygen atoms in total. The lowest BCUT2D eigenvalue weighted by Gasteiger charge is -2.47. The Labute approximate surface area is 379 Å². The maximum Gasteiger partial charge on any atom is 0.192 e. The molecule has 0 radical (unpaired) electrons. The van der Waals surface area contributed by atoms with Crippen molar-refractivity contribution in [2.75, 3.05) is 19.9 Å². The third-order valence-electron chi connectivity index (χ3n) is 14.1. The highest BCUT2D eigenvalue weighted by atomic mass is 32.0. The van der Waals surface area contributed by atoms with Crippen LogP contribution in [0.2, 0.25) is 36.3 Å². The van der Waals surface area contributed by atoms with E-state index in [-0.39, 0.29) is 58.1 Å². The van der Waals surface area contributed by atoms with Gasteiger partial charge in [0.2, 0.25) is 0 Å². The second-order valence-electron chi connectivity index (χ2n) is 21.5. The molecule has 1 saturated heterocycles. The van der Waals surface area contributed by atoms with Gasteiger partial charge >= 0.3 is 0 Å². The smallest absolute Gasteiger partial charge is 0.192 e. The Bertz CT molecular complexity index is 1690. The van der Waals surface area contributed by atoms with E-state index in [1.807, 2.05) is 0 Å².